The number of nitrogens with zero attached hydrogens (tertiary/aromatic N) is 1. The third-order valence-corrected chi connectivity index (χ3v) is 5.63. The summed E-state index contributed by atoms with van der Waals surface area (Å²) >= 11 is 12.3. The van der Waals surface area contributed by atoms with Crippen LogP contribution in [0.3, 0.4) is 0 Å². The molecule has 162 valence electrons. The Bertz CT molecular complexity index is 853. The average molecular weight is 449 g/mol. The molecule has 0 saturated carbocycles. The van der Waals surface area contributed by atoms with Crippen LogP contribution in [0.1, 0.15) is 49.8 Å². The number of benzene rings is 2. The highest BCUT2D eigenvalue weighted by Gasteiger charge is 2.28. The highest BCUT2D eigenvalue weighted by atomic mass is 35.5. The van der Waals surface area contributed by atoms with Gasteiger partial charge >= 0.3 is 0 Å². The zero-order valence-corrected chi connectivity index (χ0v) is 19.4. The normalized spacial score (nSPS) is 11.8. The van der Waals surface area contributed by atoms with Crippen molar-refractivity contribution in [1.29, 1.82) is 0 Å². The van der Waals surface area contributed by atoms with Crippen molar-refractivity contribution in [2.24, 2.45) is 0 Å². The summed E-state index contributed by atoms with van der Waals surface area (Å²) in [5.41, 5.74) is 2.83. The smallest absolute Gasteiger partial charge is 0.242 e. The number of carbonyl (C=O) groups excluding carboxylic acids is 2. The van der Waals surface area contributed by atoms with Crippen molar-refractivity contribution in [3.8, 4) is 0 Å². The minimum atomic E-state index is -0.540. The fourth-order valence-corrected chi connectivity index (χ4v) is 3.72. The van der Waals surface area contributed by atoms with E-state index in [0.29, 0.717) is 35.1 Å². The number of unbranched alkanes of at least 4 members (excludes halogenated alkanes) is 1. The van der Waals surface area contributed by atoms with E-state index in [-0.39, 0.29) is 18.2 Å². The Morgan fingerprint density at radius 3 is 2.37 bits per heavy atom. The maximum atomic E-state index is 13.3. The third kappa shape index (κ3) is 7.03. The van der Waals surface area contributed by atoms with Gasteiger partial charge in [-0.1, -0.05) is 79.4 Å². The maximum Gasteiger partial charge on any atom is 0.242 e. The lowest BCUT2D eigenvalue weighted by Gasteiger charge is -2.31. The predicted octanol–water partition coefficient (Wildman–Crippen LogP) is 5.57. The van der Waals surface area contributed by atoms with Gasteiger partial charge in [-0.05, 0) is 43.0 Å². The largest absolute Gasteiger partial charge is 0.354 e. The van der Waals surface area contributed by atoms with Crippen LogP contribution in [0.15, 0.2) is 42.5 Å². The maximum absolute atomic E-state index is 13.3. The summed E-state index contributed by atoms with van der Waals surface area (Å²) < 4.78 is 0. The van der Waals surface area contributed by atoms with Crippen molar-refractivity contribution in [2.45, 2.75) is 59.0 Å². The van der Waals surface area contributed by atoms with E-state index in [0.717, 1.165) is 24.0 Å². The van der Waals surface area contributed by atoms with Crippen molar-refractivity contribution in [3.05, 3.63) is 69.2 Å². The molecule has 0 fully saturated rings. The van der Waals surface area contributed by atoms with Crippen LogP contribution in [0.5, 0.6) is 0 Å². The number of rotatable bonds is 10. The summed E-state index contributed by atoms with van der Waals surface area (Å²) in [5, 5.41) is 3.94. The van der Waals surface area contributed by atoms with Crippen LogP contribution < -0.4 is 5.32 Å². The lowest BCUT2D eigenvalue weighted by atomic mass is 10.1. The number of hydrogen-bond acceptors (Lipinski definition) is 2. The van der Waals surface area contributed by atoms with Crippen molar-refractivity contribution in [2.75, 3.05) is 6.54 Å². The number of carbonyl (C=O) groups is 2. The fourth-order valence-electron chi connectivity index (χ4n) is 3.25. The van der Waals surface area contributed by atoms with Crippen molar-refractivity contribution in [1.82, 2.24) is 10.2 Å². The molecule has 2 amide bonds. The Kier molecular flexibility index (Phi) is 9.67. The first kappa shape index (κ1) is 24.2. The van der Waals surface area contributed by atoms with E-state index in [1.54, 1.807) is 23.1 Å². The topological polar surface area (TPSA) is 49.4 Å². The Morgan fingerprint density at radius 1 is 1.07 bits per heavy atom. The van der Waals surface area contributed by atoms with Gasteiger partial charge in [0.2, 0.25) is 11.8 Å². The zero-order chi connectivity index (χ0) is 22.1. The summed E-state index contributed by atoms with van der Waals surface area (Å²) in [6.45, 7) is 7.00. The summed E-state index contributed by atoms with van der Waals surface area (Å²) in [4.78, 5) is 27.8. The Labute approximate surface area is 189 Å². The Morgan fingerprint density at radius 2 is 1.77 bits per heavy atom. The van der Waals surface area contributed by atoms with Gasteiger partial charge in [-0.3, -0.25) is 9.59 Å². The lowest BCUT2D eigenvalue weighted by Crippen LogP contribution is -2.49. The molecule has 30 heavy (non-hydrogen) atoms. The lowest BCUT2D eigenvalue weighted by molar-refractivity contribution is -0.140. The van der Waals surface area contributed by atoms with Gasteiger partial charge in [0.15, 0.2) is 0 Å². The number of aryl methyl sites for hydroxylation is 1. The second-order valence-corrected chi connectivity index (χ2v) is 8.33. The van der Waals surface area contributed by atoms with Crippen LogP contribution >= 0.6 is 23.2 Å². The van der Waals surface area contributed by atoms with Gasteiger partial charge in [0.25, 0.3) is 0 Å². The zero-order valence-electron chi connectivity index (χ0n) is 17.9. The minimum Gasteiger partial charge on any atom is -0.354 e. The van der Waals surface area contributed by atoms with Gasteiger partial charge in [-0.15, -0.1) is 0 Å². The minimum absolute atomic E-state index is 0.112. The van der Waals surface area contributed by atoms with Gasteiger partial charge in [-0.25, -0.2) is 0 Å². The predicted molar refractivity (Wildman–Crippen MR) is 124 cm³/mol. The number of amides is 2. The van der Waals surface area contributed by atoms with Crippen LogP contribution in [0.2, 0.25) is 10.0 Å². The van der Waals surface area contributed by atoms with Crippen LogP contribution in [-0.4, -0.2) is 29.3 Å². The molecule has 0 radical (unpaired) electrons. The van der Waals surface area contributed by atoms with Crippen LogP contribution in [0, 0.1) is 6.92 Å². The summed E-state index contributed by atoms with van der Waals surface area (Å²) in [7, 11) is 0. The molecule has 0 unspecified atom stereocenters. The first-order valence-electron chi connectivity index (χ1n) is 10.4. The molecule has 0 heterocycles. The first-order valence-corrected chi connectivity index (χ1v) is 11.2. The monoisotopic (exact) mass is 448 g/mol. The van der Waals surface area contributed by atoms with E-state index in [4.69, 9.17) is 23.2 Å². The number of halogens is 2. The van der Waals surface area contributed by atoms with Crippen molar-refractivity contribution >= 4 is 35.0 Å². The van der Waals surface area contributed by atoms with Crippen LogP contribution in [-0.2, 0) is 22.6 Å². The number of hydrogen-bond donors (Lipinski definition) is 1. The number of nitrogens with one attached hydrogen (secondary N) is 1. The van der Waals surface area contributed by atoms with Gasteiger partial charge in [-0.2, -0.15) is 0 Å². The molecule has 2 aromatic carbocycles. The molecule has 1 atom stereocenters. The van der Waals surface area contributed by atoms with Crippen LogP contribution in [0.4, 0.5) is 0 Å². The van der Waals surface area contributed by atoms with Gasteiger partial charge in [0.1, 0.15) is 6.04 Å². The molecule has 0 aromatic heterocycles. The molecular formula is C24H30Cl2N2O2. The van der Waals surface area contributed by atoms with E-state index >= 15 is 0 Å². The van der Waals surface area contributed by atoms with E-state index in [1.807, 2.05) is 38.1 Å². The standard InChI is InChI=1S/C24H30Cl2N2O2/c1-4-6-13-27-24(30)22(5-2)28(16-18-9-7-17(3)8-10-18)23(29)14-19-11-12-20(25)15-21(19)26/h7-12,15,22H,4-6,13-14,16H2,1-3H3,(H,27,30)/t22-/m0/s1. The molecule has 4 nitrogen and oxygen atoms in total. The fraction of sp³-hybridized carbons (Fsp3) is 0.417. The molecule has 2 rings (SSSR count). The molecule has 0 spiro atoms. The second kappa shape index (κ2) is 12.0. The molecule has 0 saturated heterocycles. The summed E-state index contributed by atoms with van der Waals surface area (Å²) in [6, 6.07) is 12.6. The average Bonchev–Trinajstić information content (AvgIpc) is 2.71. The van der Waals surface area contributed by atoms with Crippen LogP contribution in [0.25, 0.3) is 0 Å². The molecule has 2 aromatic rings. The molecule has 0 bridgehead atoms. The SMILES string of the molecule is CCCCNC(=O)[C@H](CC)N(Cc1ccc(C)cc1)C(=O)Cc1ccc(Cl)cc1Cl. The third-order valence-electron chi connectivity index (χ3n) is 5.05. The van der Waals surface area contributed by atoms with E-state index < -0.39 is 6.04 Å². The molecule has 6 heteroatoms. The molecule has 1 N–H and O–H groups in total. The Balaban J connectivity index is 2.26. The molecule has 0 aliphatic rings. The molecular weight excluding hydrogens is 419 g/mol. The van der Waals surface area contributed by atoms with Gasteiger partial charge in [0, 0.05) is 23.1 Å². The van der Waals surface area contributed by atoms with Crippen molar-refractivity contribution in [3.63, 3.8) is 0 Å². The summed E-state index contributed by atoms with van der Waals surface area (Å²) in [5.74, 6) is -0.258. The molecule has 0 aliphatic carbocycles. The highest BCUT2D eigenvalue weighted by Crippen LogP contribution is 2.23. The summed E-state index contributed by atoms with van der Waals surface area (Å²) in [6.07, 6.45) is 2.55. The van der Waals surface area contributed by atoms with Gasteiger partial charge < -0.3 is 10.2 Å². The van der Waals surface area contributed by atoms with E-state index in [2.05, 4.69) is 12.2 Å². The quantitative estimate of drug-likeness (QED) is 0.483. The van der Waals surface area contributed by atoms with Crippen molar-refractivity contribution < 1.29 is 9.59 Å². The molecule has 0 aliphatic heterocycles. The van der Waals surface area contributed by atoms with Gasteiger partial charge in [0.05, 0.1) is 6.42 Å². The van der Waals surface area contributed by atoms with E-state index in [9.17, 15) is 9.59 Å². The van der Waals surface area contributed by atoms with E-state index in [1.165, 1.54) is 0 Å². The first-order chi connectivity index (χ1) is 14.3. The second-order valence-electron chi connectivity index (χ2n) is 7.49. The Hall–Kier alpha value is -2.04. The highest BCUT2D eigenvalue weighted by molar-refractivity contribution is 6.35.